The maximum Gasteiger partial charge on any atom is 0.228 e. The van der Waals surface area contributed by atoms with Crippen molar-refractivity contribution in [1.82, 2.24) is 9.78 Å². The lowest BCUT2D eigenvalue weighted by atomic mass is 9.79. The van der Waals surface area contributed by atoms with Gasteiger partial charge in [0.05, 0.1) is 6.20 Å². The second-order valence-electron chi connectivity index (χ2n) is 5.99. The van der Waals surface area contributed by atoms with Crippen molar-refractivity contribution in [2.24, 2.45) is 18.9 Å². The predicted octanol–water partition coefficient (Wildman–Crippen LogP) is 3.23. The number of nitrogens with zero attached hydrogens (tertiary/aromatic N) is 3. The normalized spacial score (nSPS) is 21.8. The molecular weight excluding hydrogens is 264 g/mol. The third-order valence-electron chi connectivity index (χ3n) is 4.48. The largest absolute Gasteiger partial charge is 0.310 e. The summed E-state index contributed by atoms with van der Waals surface area (Å²) in [5, 5.41) is 15.9. The third kappa shape index (κ3) is 3.84. The van der Waals surface area contributed by atoms with Crippen LogP contribution in [-0.2, 0) is 11.8 Å². The Morgan fingerprint density at radius 1 is 1.48 bits per heavy atom. The number of nitriles is 1. The summed E-state index contributed by atoms with van der Waals surface area (Å²) in [6.45, 7) is 2.22. The average Bonchev–Trinajstić information content (AvgIpc) is 2.86. The van der Waals surface area contributed by atoms with E-state index in [1.54, 1.807) is 11.7 Å². The standard InChI is InChI=1S/C16H24N4O/c1-3-4-5-12-6-8-13(9-7-12)16(21)19-15-14(10-17)11-18-20(15)2/h11-13H,3-9H2,1-2H3,(H,19,21). The highest BCUT2D eigenvalue weighted by atomic mass is 16.2. The van der Waals surface area contributed by atoms with Crippen molar-refractivity contribution in [2.45, 2.75) is 51.9 Å². The van der Waals surface area contributed by atoms with Gasteiger partial charge >= 0.3 is 0 Å². The van der Waals surface area contributed by atoms with E-state index in [2.05, 4.69) is 23.4 Å². The van der Waals surface area contributed by atoms with Gasteiger partial charge in [-0.15, -0.1) is 0 Å². The molecule has 0 aliphatic heterocycles. The number of nitrogens with one attached hydrogen (secondary N) is 1. The summed E-state index contributed by atoms with van der Waals surface area (Å²) in [5.41, 5.74) is 0.419. The van der Waals surface area contributed by atoms with Crippen molar-refractivity contribution < 1.29 is 4.79 Å². The number of carbonyl (C=O) groups is 1. The average molecular weight is 288 g/mol. The Labute approximate surface area is 126 Å². The van der Waals surface area contributed by atoms with E-state index in [1.807, 2.05) is 0 Å². The Kier molecular flexibility index (Phi) is 5.38. The molecule has 5 nitrogen and oxygen atoms in total. The van der Waals surface area contributed by atoms with Gasteiger partial charge in [-0.05, 0) is 31.6 Å². The van der Waals surface area contributed by atoms with Gasteiger partial charge in [0.2, 0.25) is 5.91 Å². The maximum absolute atomic E-state index is 12.3. The number of amides is 1. The van der Waals surface area contributed by atoms with Gasteiger partial charge < -0.3 is 5.32 Å². The number of hydrogen-bond donors (Lipinski definition) is 1. The highest BCUT2D eigenvalue weighted by Gasteiger charge is 2.27. The molecule has 1 fully saturated rings. The molecule has 0 unspecified atom stereocenters. The lowest BCUT2D eigenvalue weighted by molar-refractivity contribution is -0.121. The Balaban J connectivity index is 1.88. The minimum Gasteiger partial charge on any atom is -0.310 e. The van der Waals surface area contributed by atoms with Crippen molar-refractivity contribution >= 4 is 11.7 Å². The zero-order valence-corrected chi connectivity index (χ0v) is 12.9. The van der Waals surface area contributed by atoms with Crippen LogP contribution < -0.4 is 5.32 Å². The lowest BCUT2D eigenvalue weighted by Crippen LogP contribution is -2.28. The zero-order valence-electron chi connectivity index (χ0n) is 12.9. The molecule has 1 aliphatic rings. The van der Waals surface area contributed by atoms with E-state index < -0.39 is 0 Å². The first-order valence-corrected chi connectivity index (χ1v) is 7.88. The SMILES string of the molecule is CCCCC1CCC(C(=O)Nc2c(C#N)cnn2C)CC1. The van der Waals surface area contributed by atoms with Crippen molar-refractivity contribution in [3.63, 3.8) is 0 Å². The van der Waals surface area contributed by atoms with Gasteiger partial charge in [0, 0.05) is 13.0 Å². The van der Waals surface area contributed by atoms with Gasteiger partial charge in [0.1, 0.15) is 17.5 Å². The lowest BCUT2D eigenvalue weighted by Gasteiger charge is -2.27. The second kappa shape index (κ2) is 7.26. The molecule has 0 spiro atoms. The van der Waals surface area contributed by atoms with Crippen LogP contribution in [0.4, 0.5) is 5.82 Å². The quantitative estimate of drug-likeness (QED) is 0.904. The number of rotatable bonds is 5. The first kappa shape index (κ1) is 15.6. The van der Waals surface area contributed by atoms with E-state index in [1.165, 1.54) is 25.5 Å². The molecule has 0 saturated heterocycles. The first-order valence-electron chi connectivity index (χ1n) is 7.88. The molecule has 0 radical (unpaired) electrons. The van der Waals surface area contributed by atoms with Crippen LogP contribution in [0.5, 0.6) is 0 Å². The molecule has 1 amide bonds. The maximum atomic E-state index is 12.3. The summed E-state index contributed by atoms with van der Waals surface area (Å²) in [6, 6.07) is 2.06. The summed E-state index contributed by atoms with van der Waals surface area (Å²) < 4.78 is 1.54. The summed E-state index contributed by atoms with van der Waals surface area (Å²) in [7, 11) is 1.73. The summed E-state index contributed by atoms with van der Waals surface area (Å²) in [5.74, 6) is 1.41. The molecule has 1 aliphatic carbocycles. The fourth-order valence-corrected chi connectivity index (χ4v) is 3.09. The molecule has 1 aromatic heterocycles. The van der Waals surface area contributed by atoms with Crippen molar-refractivity contribution in [3.05, 3.63) is 11.8 Å². The summed E-state index contributed by atoms with van der Waals surface area (Å²) in [6.07, 6.45) is 9.53. The molecular formula is C16H24N4O. The van der Waals surface area contributed by atoms with Crippen LogP contribution >= 0.6 is 0 Å². The van der Waals surface area contributed by atoms with Gasteiger partial charge in [-0.2, -0.15) is 10.4 Å². The number of unbranched alkanes of at least 4 members (excludes halogenated alkanes) is 1. The Morgan fingerprint density at radius 3 is 2.81 bits per heavy atom. The minimum absolute atomic E-state index is 0.0315. The third-order valence-corrected chi connectivity index (χ3v) is 4.48. The topological polar surface area (TPSA) is 70.7 Å². The molecule has 1 heterocycles. The van der Waals surface area contributed by atoms with Crippen LogP contribution in [0.3, 0.4) is 0 Å². The van der Waals surface area contributed by atoms with Gasteiger partial charge in [-0.3, -0.25) is 9.48 Å². The minimum atomic E-state index is 0.0315. The molecule has 1 aromatic rings. The molecule has 21 heavy (non-hydrogen) atoms. The summed E-state index contributed by atoms with van der Waals surface area (Å²) in [4.78, 5) is 12.3. The van der Waals surface area contributed by atoms with E-state index >= 15 is 0 Å². The van der Waals surface area contributed by atoms with E-state index in [4.69, 9.17) is 5.26 Å². The van der Waals surface area contributed by atoms with Crippen LogP contribution in [0.15, 0.2) is 6.20 Å². The van der Waals surface area contributed by atoms with Gasteiger partial charge in [0.15, 0.2) is 0 Å². The van der Waals surface area contributed by atoms with E-state index in [9.17, 15) is 4.79 Å². The number of aromatic nitrogens is 2. The number of anilines is 1. The van der Waals surface area contributed by atoms with Gasteiger partial charge in [-0.25, -0.2) is 0 Å². The molecule has 2 rings (SSSR count). The highest BCUT2D eigenvalue weighted by Crippen LogP contribution is 2.32. The van der Waals surface area contributed by atoms with Crippen LogP contribution in [0.25, 0.3) is 0 Å². The van der Waals surface area contributed by atoms with Crippen LogP contribution in [-0.4, -0.2) is 15.7 Å². The first-order chi connectivity index (χ1) is 10.2. The molecule has 5 heteroatoms. The van der Waals surface area contributed by atoms with Gasteiger partial charge in [0.25, 0.3) is 0 Å². The Morgan fingerprint density at radius 2 is 2.19 bits per heavy atom. The fourth-order valence-electron chi connectivity index (χ4n) is 3.09. The van der Waals surface area contributed by atoms with Crippen molar-refractivity contribution in [1.29, 1.82) is 5.26 Å². The number of hydrogen-bond acceptors (Lipinski definition) is 3. The Hall–Kier alpha value is -1.83. The number of aryl methyl sites for hydroxylation is 1. The van der Waals surface area contributed by atoms with Crippen LogP contribution in [0.1, 0.15) is 57.4 Å². The molecule has 0 atom stereocenters. The number of carbonyl (C=O) groups excluding carboxylic acids is 1. The van der Waals surface area contributed by atoms with Crippen molar-refractivity contribution in [2.75, 3.05) is 5.32 Å². The fraction of sp³-hybridized carbons (Fsp3) is 0.688. The van der Waals surface area contributed by atoms with E-state index in [0.717, 1.165) is 31.6 Å². The second-order valence-corrected chi connectivity index (χ2v) is 5.99. The molecule has 1 N–H and O–H groups in total. The smallest absolute Gasteiger partial charge is 0.228 e. The van der Waals surface area contributed by atoms with Crippen LogP contribution in [0.2, 0.25) is 0 Å². The van der Waals surface area contributed by atoms with E-state index in [-0.39, 0.29) is 11.8 Å². The monoisotopic (exact) mass is 288 g/mol. The molecule has 0 bridgehead atoms. The van der Waals surface area contributed by atoms with Crippen molar-refractivity contribution in [3.8, 4) is 6.07 Å². The molecule has 1 saturated carbocycles. The Bertz CT molecular complexity index is 521. The predicted molar refractivity (Wildman–Crippen MR) is 81.5 cm³/mol. The van der Waals surface area contributed by atoms with Crippen LogP contribution in [0, 0.1) is 23.2 Å². The molecule has 0 aromatic carbocycles. The van der Waals surface area contributed by atoms with Gasteiger partial charge in [-0.1, -0.05) is 26.2 Å². The van der Waals surface area contributed by atoms with E-state index in [0.29, 0.717) is 11.4 Å². The summed E-state index contributed by atoms with van der Waals surface area (Å²) >= 11 is 0. The zero-order chi connectivity index (χ0) is 15.2. The molecule has 114 valence electrons. The highest BCUT2D eigenvalue weighted by molar-refractivity contribution is 5.92.